The Labute approximate surface area is 114 Å². The van der Waals surface area contributed by atoms with Crippen LogP contribution >= 0.6 is 0 Å². The van der Waals surface area contributed by atoms with Crippen LogP contribution in [0.5, 0.6) is 0 Å². The fourth-order valence-corrected chi connectivity index (χ4v) is 2.10. The first-order chi connectivity index (χ1) is 9.36. The SMILES string of the molecule is CCCNC(c1cccnc1)c1cnnn1CCC. The van der Waals surface area contributed by atoms with Crippen LogP contribution in [0, 0.1) is 0 Å². The van der Waals surface area contributed by atoms with E-state index in [0.717, 1.165) is 37.2 Å². The topological polar surface area (TPSA) is 55.6 Å². The third kappa shape index (κ3) is 3.38. The molecule has 2 aromatic rings. The number of aromatic nitrogens is 4. The van der Waals surface area contributed by atoms with Gasteiger partial charge in [0.15, 0.2) is 0 Å². The summed E-state index contributed by atoms with van der Waals surface area (Å²) in [4.78, 5) is 4.21. The van der Waals surface area contributed by atoms with Gasteiger partial charge in [-0.15, -0.1) is 5.10 Å². The van der Waals surface area contributed by atoms with Gasteiger partial charge in [-0.2, -0.15) is 0 Å². The minimum atomic E-state index is 0.107. The third-order valence-corrected chi connectivity index (χ3v) is 3.00. The van der Waals surface area contributed by atoms with Gasteiger partial charge >= 0.3 is 0 Å². The van der Waals surface area contributed by atoms with E-state index in [1.807, 2.05) is 23.1 Å². The van der Waals surface area contributed by atoms with Gasteiger partial charge in [0, 0.05) is 18.9 Å². The molecule has 0 aromatic carbocycles. The summed E-state index contributed by atoms with van der Waals surface area (Å²) in [5.74, 6) is 0. The lowest BCUT2D eigenvalue weighted by Gasteiger charge is -2.19. The second-order valence-electron chi connectivity index (χ2n) is 4.56. The number of hydrogen-bond donors (Lipinski definition) is 1. The highest BCUT2D eigenvalue weighted by Crippen LogP contribution is 2.20. The minimum Gasteiger partial charge on any atom is -0.305 e. The third-order valence-electron chi connectivity index (χ3n) is 3.00. The van der Waals surface area contributed by atoms with Crippen LogP contribution in [-0.4, -0.2) is 26.5 Å². The molecule has 0 saturated carbocycles. The van der Waals surface area contributed by atoms with Crippen molar-refractivity contribution >= 4 is 0 Å². The molecule has 0 bridgehead atoms. The van der Waals surface area contributed by atoms with Crippen molar-refractivity contribution in [3.05, 3.63) is 42.0 Å². The Kier molecular flexibility index (Phi) is 5.03. The van der Waals surface area contributed by atoms with Gasteiger partial charge in [0.25, 0.3) is 0 Å². The second kappa shape index (κ2) is 6.99. The van der Waals surface area contributed by atoms with Crippen molar-refractivity contribution in [2.75, 3.05) is 6.54 Å². The molecule has 2 aromatic heterocycles. The quantitative estimate of drug-likeness (QED) is 0.828. The smallest absolute Gasteiger partial charge is 0.0802 e. The molecule has 0 aliphatic heterocycles. The Morgan fingerprint density at radius 1 is 1.26 bits per heavy atom. The van der Waals surface area contributed by atoms with Gasteiger partial charge in [0.2, 0.25) is 0 Å². The van der Waals surface area contributed by atoms with Gasteiger partial charge in [-0.3, -0.25) is 4.98 Å². The van der Waals surface area contributed by atoms with Crippen LogP contribution in [0.15, 0.2) is 30.7 Å². The first kappa shape index (κ1) is 13.7. The normalized spacial score (nSPS) is 12.5. The number of hydrogen-bond acceptors (Lipinski definition) is 4. The highest BCUT2D eigenvalue weighted by molar-refractivity contribution is 5.23. The van der Waals surface area contributed by atoms with Gasteiger partial charge in [-0.1, -0.05) is 25.1 Å². The van der Waals surface area contributed by atoms with Gasteiger partial charge in [-0.05, 0) is 31.0 Å². The highest BCUT2D eigenvalue weighted by Gasteiger charge is 2.18. The summed E-state index contributed by atoms with van der Waals surface area (Å²) in [6, 6.07) is 4.16. The predicted octanol–water partition coefficient (Wildman–Crippen LogP) is 2.17. The molecule has 0 aliphatic rings. The molecule has 5 nitrogen and oxygen atoms in total. The fourth-order valence-electron chi connectivity index (χ4n) is 2.10. The van der Waals surface area contributed by atoms with Gasteiger partial charge in [0.05, 0.1) is 17.9 Å². The van der Waals surface area contributed by atoms with Crippen LogP contribution in [0.2, 0.25) is 0 Å². The molecule has 0 aliphatic carbocycles. The number of aryl methyl sites for hydroxylation is 1. The Bertz CT molecular complexity index is 480. The van der Waals surface area contributed by atoms with Crippen LogP contribution in [-0.2, 0) is 6.54 Å². The molecule has 1 unspecified atom stereocenters. The van der Waals surface area contributed by atoms with Gasteiger partial charge in [0.1, 0.15) is 0 Å². The molecule has 0 fully saturated rings. The van der Waals surface area contributed by atoms with Crippen LogP contribution in [0.25, 0.3) is 0 Å². The van der Waals surface area contributed by atoms with Crippen molar-refractivity contribution < 1.29 is 0 Å². The highest BCUT2D eigenvalue weighted by atomic mass is 15.4. The molecular weight excluding hydrogens is 238 g/mol. The van der Waals surface area contributed by atoms with Crippen molar-refractivity contribution in [3.63, 3.8) is 0 Å². The molecule has 2 heterocycles. The number of rotatable bonds is 7. The molecule has 102 valence electrons. The zero-order valence-corrected chi connectivity index (χ0v) is 11.6. The summed E-state index contributed by atoms with van der Waals surface area (Å²) in [6.45, 7) is 6.15. The molecule has 2 rings (SSSR count). The average molecular weight is 259 g/mol. The van der Waals surface area contributed by atoms with Crippen molar-refractivity contribution in [3.8, 4) is 0 Å². The number of pyridine rings is 1. The van der Waals surface area contributed by atoms with E-state index in [1.165, 1.54) is 0 Å². The number of nitrogens with zero attached hydrogens (tertiary/aromatic N) is 4. The lowest BCUT2D eigenvalue weighted by atomic mass is 10.1. The molecule has 19 heavy (non-hydrogen) atoms. The molecule has 0 spiro atoms. The standard InChI is InChI=1S/C14H21N5/c1-3-7-16-14(12-6-5-8-15-10-12)13-11-17-18-19(13)9-4-2/h5-6,8,10-11,14,16H,3-4,7,9H2,1-2H3. The Hall–Kier alpha value is -1.75. The summed E-state index contributed by atoms with van der Waals surface area (Å²) in [5, 5.41) is 11.8. The van der Waals surface area contributed by atoms with Crippen LogP contribution < -0.4 is 5.32 Å². The van der Waals surface area contributed by atoms with Gasteiger partial charge in [-0.25, -0.2) is 4.68 Å². The zero-order valence-electron chi connectivity index (χ0n) is 11.6. The van der Waals surface area contributed by atoms with E-state index in [-0.39, 0.29) is 6.04 Å². The molecule has 0 amide bonds. The van der Waals surface area contributed by atoms with Crippen molar-refractivity contribution in [1.82, 2.24) is 25.3 Å². The maximum Gasteiger partial charge on any atom is 0.0802 e. The lowest BCUT2D eigenvalue weighted by Crippen LogP contribution is -2.26. The monoisotopic (exact) mass is 259 g/mol. The molecule has 5 heteroatoms. The summed E-state index contributed by atoms with van der Waals surface area (Å²) < 4.78 is 1.97. The van der Waals surface area contributed by atoms with E-state index >= 15 is 0 Å². The van der Waals surface area contributed by atoms with E-state index in [1.54, 1.807) is 6.20 Å². The Morgan fingerprint density at radius 3 is 2.84 bits per heavy atom. The predicted molar refractivity (Wildman–Crippen MR) is 74.7 cm³/mol. The fraction of sp³-hybridized carbons (Fsp3) is 0.500. The summed E-state index contributed by atoms with van der Waals surface area (Å²) in [7, 11) is 0. The first-order valence-corrected chi connectivity index (χ1v) is 6.88. The zero-order chi connectivity index (χ0) is 13.5. The van der Waals surface area contributed by atoms with E-state index in [2.05, 4.69) is 40.5 Å². The first-order valence-electron chi connectivity index (χ1n) is 6.88. The average Bonchev–Trinajstić information content (AvgIpc) is 2.89. The van der Waals surface area contributed by atoms with E-state index < -0.39 is 0 Å². The summed E-state index contributed by atoms with van der Waals surface area (Å²) in [6.07, 6.45) is 7.67. The Balaban J connectivity index is 2.29. The van der Waals surface area contributed by atoms with E-state index in [9.17, 15) is 0 Å². The maximum absolute atomic E-state index is 4.21. The molecule has 0 radical (unpaired) electrons. The summed E-state index contributed by atoms with van der Waals surface area (Å²) in [5.41, 5.74) is 2.25. The minimum absolute atomic E-state index is 0.107. The second-order valence-corrected chi connectivity index (χ2v) is 4.56. The molecule has 0 saturated heterocycles. The van der Waals surface area contributed by atoms with Crippen LogP contribution in [0.4, 0.5) is 0 Å². The largest absolute Gasteiger partial charge is 0.305 e. The van der Waals surface area contributed by atoms with Crippen molar-refractivity contribution in [2.45, 2.75) is 39.3 Å². The van der Waals surface area contributed by atoms with Gasteiger partial charge < -0.3 is 5.32 Å². The van der Waals surface area contributed by atoms with Crippen molar-refractivity contribution in [1.29, 1.82) is 0 Å². The maximum atomic E-state index is 4.21. The molecular formula is C14H21N5. The molecule has 1 atom stereocenters. The van der Waals surface area contributed by atoms with Crippen molar-refractivity contribution in [2.24, 2.45) is 0 Å². The number of nitrogens with one attached hydrogen (secondary N) is 1. The summed E-state index contributed by atoms with van der Waals surface area (Å²) >= 11 is 0. The lowest BCUT2D eigenvalue weighted by molar-refractivity contribution is 0.503. The van der Waals surface area contributed by atoms with E-state index in [0.29, 0.717) is 0 Å². The van der Waals surface area contributed by atoms with Crippen LogP contribution in [0.1, 0.15) is 44.0 Å². The Morgan fingerprint density at radius 2 is 2.16 bits per heavy atom. The van der Waals surface area contributed by atoms with Crippen LogP contribution in [0.3, 0.4) is 0 Å². The van der Waals surface area contributed by atoms with E-state index in [4.69, 9.17) is 0 Å². The molecule has 1 N–H and O–H groups in total.